The van der Waals surface area contributed by atoms with Crippen LogP contribution in [0.25, 0.3) is 0 Å². The van der Waals surface area contributed by atoms with Crippen LogP contribution >= 0.6 is 11.6 Å². The molecule has 0 aliphatic rings. The first-order chi connectivity index (χ1) is 10.4. The lowest BCUT2D eigenvalue weighted by Crippen LogP contribution is -2.13. The van der Waals surface area contributed by atoms with Crippen LogP contribution in [0.4, 0.5) is 17.2 Å². The Bertz CT molecular complexity index is 763. The molecule has 10 heteroatoms. The summed E-state index contributed by atoms with van der Waals surface area (Å²) in [6, 6.07) is 6.00. The van der Waals surface area contributed by atoms with E-state index in [2.05, 4.69) is 10.3 Å². The van der Waals surface area contributed by atoms with Crippen molar-refractivity contribution in [3.63, 3.8) is 0 Å². The number of amides is 1. The highest BCUT2D eigenvalue weighted by atomic mass is 35.5. The van der Waals surface area contributed by atoms with Gasteiger partial charge in [-0.15, -0.1) is 0 Å². The minimum atomic E-state index is -0.705. The molecule has 0 fully saturated rings. The molecule has 0 atom stereocenters. The van der Waals surface area contributed by atoms with E-state index in [-0.39, 0.29) is 22.1 Å². The SMILES string of the molecule is O=C(Nc1ccc([N+](=O)[O-])cn1)c1ccc(Cl)c([N+](=O)[O-])c1. The highest BCUT2D eigenvalue weighted by Gasteiger charge is 2.17. The van der Waals surface area contributed by atoms with E-state index in [9.17, 15) is 25.0 Å². The summed E-state index contributed by atoms with van der Waals surface area (Å²) in [5.41, 5.74) is -0.609. The quantitative estimate of drug-likeness (QED) is 0.680. The molecule has 1 aromatic heterocycles. The number of nitrogens with zero attached hydrogens (tertiary/aromatic N) is 3. The second-order valence-electron chi connectivity index (χ2n) is 4.04. The molecule has 1 heterocycles. The van der Waals surface area contributed by atoms with E-state index in [1.807, 2.05) is 0 Å². The summed E-state index contributed by atoms with van der Waals surface area (Å²) < 4.78 is 0. The van der Waals surface area contributed by atoms with Crippen molar-refractivity contribution in [2.45, 2.75) is 0 Å². The molecule has 0 spiro atoms. The Morgan fingerprint density at radius 2 is 1.86 bits per heavy atom. The van der Waals surface area contributed by atoms with E-state index in [1.54, 1.807) is 0 Å². The normalized spacial score (nSPS) is 10.0. The van der Waals surface area contributed by atoms with Crippen molar-refractivity contribution in [3.8, 4) is 0 Å². The maximum Gasteiger partial charge on any atom is 0.288 e. The van der Waals surface area contributed by atoms with Gasteiger partial charge in [-0.25, -0.2) is 4.98 Å². The summed E-state index contributed by atoms with van der Waals surface area (Å²) in [4.78, 5) is 35.6. The van der Waals surface area contributed by atoms with Gasteiger partial charge in [-0.05, 0) is 18.2 Å². The number of aromatic nitrogens is 1. The van der Waals surface area contributed by atoms with Crippen LogP contribution in [0.1, 0.15) is 10.4 Å². The van der Waals surface area contributed by atoms with Gasteiger partial charge in [0.1, 0.15) is 17.0 Å². The first-order valence-corrected chi connectivity index (χ1v) is 6.12. The number of rotatable bonds is 4. The van der Waals surface area contributed by atoms with Crippen molar-refractivity contribution in [2.24, 2.45) is 0 Å². The van der Waals surface area contributed by atoms with E-state index in [4.69, 9.17) is 11.6 Å². The molecule has 0 bridgehead atoms. The molecule has 0 saturated heterocycles. The number of hydrogen-bond acceptors (Lipinski definition) is 6. The van der Waals surface area contributed by atoms with Crippen LogP contribution in [0.2, 0.25) is 5.02 Å². The fourth-order valence-electron chi connectivity index (χ4n) is 1.55. The van der Waals surface area contributed by atoms with Crippen LogP contribution in [-0.4, -0.2) is 20.7 Å². The number of benzene rings is 1. The Morgan fingerprint density at radius 3 is 2.41 bits per heavy atom. The van der Waals surface area contributed by atoms with Crippen molar-refractivity contribution >= 4 is 34.7 Å². The van der Waals surface area contributed by atoms with E-state index in [0.717, 1.165) is 12.3 Å². The third kappa shape index (κ3) is 3.33. The Kier molecular flexibility index (Phi) is 4.28. The van der Waals surface area contributed by atoms with Gasteiger partial charge < -0.3 is 5.32 Å². The lowest BCUT2D eigenvalue weighted by atomic mass is 10.2. The monoisotopic (exact) mass is 322 g/mol. The molecule has 22 heavy (non-hydrogen) atoms. The minimum absolute atomic E-state index is 0.0104. The summed E-state index contributed by atoms with van der Waals surface area (Å²) in [6.45, 7) is 0. The summed E-state index contributed by atoms with van der Waals surface area (Å²) in [7, 11) is 0. The van der Waals surface area contributed by atoms with E-state index >= 15 is 0 Å². The van der Waals surface area contributed by atoms with Crippen LogP contribution in [0, 0.1) is 20.2 Å². The lowest BCUT2D eigenvalue weighted by Gasteiger charge is -2.04. The van der Waals surface area contributed by atoms with Gasteiger partial charge in [0.2, 0.25) is 0 Å². The van der Waals surface area contributed by atoms with Crippen LogP contribution in [0.15, 0.2) is 36.5 Å². The first kappa shape index (κ1) is 15.3. The average molecular weight is 323 g/mol. The Labute approximate surface area is 127 Å². The van der Waals surface area contributed by atoms with Crippen molar-refractivity contribution in [3.05, 3.63) is 67.3 Å². The third-order valence-electron chi connectivity index (χ3n) is 2.61. The molecule has 0 saturated carbocycles. The number of nitro benzene ring substituents is 1. The summed E-state index contributed by atoms with van der Waals surface area (Å²) in [5.74, 6) is -0.575. The van der Waals surface area contributed by atoms with Crippen molar-refractivity contribution < 1.29 is 14.6 Å². The van der Waals surface area contributed by atoms with Crippen molar-refractivity contribution in [1.82, 2.24) is 4.98 Å². The van der Waals surface area contributed by atoms with Gasteiger partial charge in [-0.3, -0.25) is 25.0 Å². The molecule has 1 N–H and O–H groups in total. The van der Waals surface area contributed by atoms with Gasteiger partial charge in [0.25, 0.3) is 17.3 Å². The molecule has 0 radical (unpaired) electrons. The van der Waals surface area contributed by atoms with E-state index < -0.39 is 21.4 Å². The Balaban J connectivity index is 2.20. The molecule has 2 aromatic rings. The number of carbonyl (C=O) groups excluding carboxylic acids is 1. The van der Waals surface area contributed by atoms with Gasteiger partial charge in [0.05, 0.1) is 9.85 Å². The predicted molar refractivity (Wildman–Crippen MR) is 77.0 cm³/mol. The Hall–Kier alpha value is -3.07. The maximum atomic E-state index is 12.0. The van der Waals surface area contributed by atoms with Crippen molar-refractivity contribution in [1.29, 1.82) is 0 Å². The summed E-state index contributed by atoms with van der Waals surface area (Å²) in [6.07, 6.45) is 0.986. The molecule has 1 aromatic carbocycles. The van der Waals surface area contributed by atoms with Gasteiger partial charge >= 0.3 is 0 Å². The van der Waals surface area contributed by atoms with Crippen molar-refractivity contribution in [2.75, 3.05) is 5.32 Å². The first-order valence-electron chi connectivity index (χ1n) is 5.74. The lowest BCUT2D eigenvalue weighted by molar-refractivity contribution is -0.385. The van der Waals surface area contributed by atoms with Crippen LogP contribution in [0.3, 0.4) is 0 Å². The van der Waals surface area contributed by atoms with Gasteiger partial charge in [-0.2, -0.15) is 0 Å². The molecule has 1 amide bonds. The molecule has 2 rings (SSSR count). The van der Waals surface area contributed by atoms with Crippen LogP contribution in [-0.2, 0) is 0 Å². The largest absolute Gasteiger partial charge is 0.307 e. The maximum absolute atomic E-state index is 12.0. The van der Waals surface area contributed by atoms with Crippen LogP contribution < -0.4 is 5.32 Å². The second kappa shape index (κ2) is 6.14. The number of nitro groups is 2. The van der Waals surface area contributed by atoms with Gasteiger partial charge in [0.15, 0.2) is 0 Å². The standard InChI is InChI=1S/C12H7ClN4O5/c13-9-3-1-7(5-10(9)17(21)22)12(18)15-11-4-2-8(6-14-11)16(19)20/h1-6H,(H,14,15,18). The molecule has 112 valence electrons. The van der Waals surface area contributed by atoms with Gasteiger partial charge in [0, 0.05) is 17.7 Å². The molecule has 9 nitrogen and oxygen atoms in total. The minimum Gasteiger partial charge on any atom is -0.307 e. The fourth-order valence-corrected chi connectivity index (χ4v) is 1.74. The van der Waals surface area contributed by atoms with Gasteiger partial charge in [-0.1, -0.05) is 11.6 Å². The Morgan fingerprint density at radius 1 is 1.14 bits per heavy atom. The highest BCUT2D eigenvalue weighted by molar-refractivity contribution is 6.32. The second-order valence-corrected chi connectivity index (χ2v) is 4.44. The number of carbonyl (C=O) groups is 1. The molecular weight excluding hydrogens is 316 g/mol. The molecular formula is C12H7ClN4O5. The molecule has 0 aliphatic carbocycles. The van der Waals surface area contributed by atoms with E-state index in [1.165, 1.54) is 24.3 Å². The number of pyridine rings is 1. The molecule has 0 aliphatic heterocycles. The zero-order valence-corrected chi connectivity index (χ0v) is 11.5. The number of anilines is 1. The van der Waals surface area contributed by atoms with E-state index in [0.29, 0.717) is 0 Å². The summed E-state index contributed by atoms with van der Waals surface area (Å²) >= 11 is 5.65. The molecule has 0 unspecified atom stereocenters. The average Bonchev–Trinajstić information content (AvgIpc) is 2.47. The zero-order valence-electron chi connectivity index (χ0n) is 10.7. The highest BCUT2D eigenvalue weighted by Crippen LogP contribution is 2.25. The smallest absolute Gasteiger partial charge is 0.288 e. The number of nitrogens with one attached hydrogen (secondary N) is 1. The number of hydrogen-bond donors (Lipinski definition) is 1. The predicted octanol–water partition coefficient (Wildman–Crippen LogP) is 2.80. The number of halogens is 1. The van der Waals surface area contributed by atoms with Crippen LogP contribution in [0.5, 0.6) is 0 Å². The fraction of sp³-hybridized carbons (Fsp3) is 0. The topological polar surface area (TPSA) is 128 Å². The zero-order chi connectivity index (χ0) is 16.3. The third-order valence-corrected chi connectivity index (χ3v) is 2.92. The summed E-state index contributed by atoms with van der Waals surface area (Å²) in [5, 5.41) is 23.5.